The van der Waals surface area contributed by atoms with Crippen LogP contribution >= 0.6 is 0 Å². The maximum Gasteiger partial charge on any atom is 0.280 e. The van der Waals surface area contributed by atoms with Crippen LogP contribution in [0.25, 0.3) is 11.6 Å². The van der Waals surface area contributed by atoms with Crippen molar-refractivity contribution in [2.24, 2.45) is 0 Å². The Morgan fingerprint density at radius 3 is 2.86 bits per heavy atom. The van der Waals surface area contributed by atoms with Gasteiger partial charge in [0.1, 0.15) is 11.6 Å². The van der Waals surface area contributed by atoms with Crippen LogP contribution in [0.15, 0.2) is 35.0 Å². The summed E-state index contributed by atoms with van der Waals surface area (Å²) in [6.45, 7) is 4.98. The van der Waals surface area contributed by atoms with E-state index in [1.807, 2.05) is 13.8 Å². The average molecular weight is 400 g/mol. The summed E-state index contributed by atoms with van der Waals surface area (Å²) in [6, 6.07) is 5.59. The van der Waals surface area contributed by atoms with E-state index in [2.05, 4.69) is 20.5 Å². The number of carbonyl (C=O) groups is 1. The summed E-state index contributed by atoms with van der Waals surface area (Å²) in [6.07, 6.45) is 2.51. The number of carbonyl (C=O) groups excluding carboxylic acids is 1. The van der Waals surface area contributed by atoms with Crippen LogP contribution in [0.4, 0.5) is 4.39 Å². The minimum Gasteiger partial charge on any atom is -0.484 e. The first kappa shape index (κ1) is 19.0. The summed E-state index contributed by atoms with van der Waals surface area (Å²) in [5, 5.41) is 12.2. The third-order valence-corrected chi connectivity index (χ3v) is 4.75. The predicted molar refractivity (Wildman–Crippen MR) is 99.5 cm³/mol. The van der Waals surface area contributed by atoms with Crippen LogP contribution in [-0.4, -0.2) is 55.6 Å². The summed E-state index contributed by atoms with van der Waals surface area (Å²) in [4.78, 5) is 18.4. The summed E-state index contributed by atoms with van der Waals surface area (Å²) in [5.74, 6) is 1.09. The highest BCUT2D eigenvalue weighted by Crippen LogP contribution is 2.24. The Labute approximate surface area is 166 Å². The van der Waals surface area contributed by atoms with Gasteiger partial charge in [-0.1, -0.05) is 24.2 Å². The van der Waals surface area contributed by atoms with Crippen molar-refractivity contribution in [3.05, 3.63) is 42.1 Å². The molecule has 152 valence electrons. The lowest BCUT2D eigenvalue weighted by Gasteiger charge is -2.16. The third kappa shape index (κ3) is 4.25. The van der Waals surface area contributed by atoms with Crippen molar-refractivity contribution in [1.29, 1.82) is 0 Å². The SMILES string of the molecule is CC(C)c1noc(-c2cn(C3CCN(C(=O)COc4ccc(F)cc4)C3)nn2)n1. The van der Waals surface area contributed by atoms with Gasteiger partial charge in [-0.3, -0.25) is 4.79 Å². The van der Waals surface area contributed by atoms with E-state index in [1.165, 1.54) is 24.3 Å². The monoisotopic (exact) mass is 400 g/mol. The second-order valence-corrected chi connectivity index (χ2v) is 7.22. The minimum absolute atomic E-state index is 0.0125. The number of nitrogens with zero attached hydrogens (tertiary/aromatic N) is 6. The van der Waals surface area contributed by atoms with Gasteiger partial charge in [-0.2, -0.15) is 4.98 Å². The molecule has 2 aromatic heterocycles. The van der Waals surface area contributed by atoms with Crippen molar-refractivity contribution in [3.63, 3.8) is 0 Å². The number of hydrogen-bond donors (Lipinski definition) is 0. The average Bonchev–Trinajstić information content (AvgIpc) is 3.46. The van der Waals surface area contributed by atoms with Crippen LogP contribution < -0.4 is 4.74 Å². The second-order valence-electron chi connectivity index (χ2n) is 7.22. The number of halogens is 1. The molecule has 1 unspecified atom stereocenters. The molecule has 1 saturated heterocycles. The minimum atomic E-state index is -0.348. The Bertz CT molecular complexity index is 984. The molecule has 0 bridgehead atoms. The molecule has 1 amide bonds. The number of benzene rings is 1. The molecule has 10 heteroatoms. The Kier molecular flexibility index (Phi) is 5.24. The van der Waals surface area contributed by atoms with Crippen molar-refractivity contribution >= 4 is 5.91 Å². The Morgan fingerprint density at radius 2 is 2.14 bits per heavy atom. The first-order chi connectivity index (χ1) is 14.0. The first-order valence-electron chi connectivity index (χ1n) is 9.41. The van der Waals surface area contributed by atoms with Gasteiger partial charge < -0.3 is 14.2 Å². The molecule has 1 fully saturated rings. The first-order valence-corrected chi connectivity index (χ1v) is 9.41. The van der Waals surface area contributed by atoms with Gasteiger partial charge in [0.05, 0.1) is 12.2 Å². The number of amides is 1. The molecule has 4 rings (SSSR count). The van der Waals surface area contributed by atoms with E-state index in [4.69, 9.17) is 9.26 Å². The van der Waals surface area contributed by atoms with Gasteiger partial charge in [0.2, 0.25) is 0 Å². The summed E-state index contributed by atoms with van der Waals surface area (Å²) in [7, 11) is 0. The molecule has 9 nitrogen and oxygen atoms in total. The number of aromatic nitrogens is 5. The summed E-state index contributed by atoms with van der Waals surface area (Å²) < 4.78 is 25.3. The van der Waals surface area contributed by atoms with Crippen molar-refractivity contribution < 1.29 is 18.4 Å². The smallest absolute Gasteiger partial charge is 0.280 e. The van der Waals surface area contributed by atoms with Crippen LogP contribution in [0, 0.1) is 5.82 Å². The van der Waals surface area contributed by atoms with E-state index < -0.39 is 0 Å². The van der Waals surface area contributed by atoms with Gasteiger partial charge in [-0.25, -0.2) is 9.07 Å². The molecular weight excluding hydrogens is 379 g/mol. The fourth-order valence-electron chi connectivity index (χ4n) is 3.08. The van der Waals surface area contributed by atoms with Gasteiger partial charge >= 0.3 is 0 Å². The maximum absolute atomic E-state index is 12.9. The highest BCUT2D eigenvalue weighted by atomic mass is 19.1. The zero-order valence-electron chi connectivity index (χ0n) is 16.2. The van der Waals surface area contributed by atoms with Crippen LogP contribution in [0.3, 0.4) is 0 Å². The predicted octanol–water partition coefficient (Wildman–Crippen LogP) is 2.44. The lowest BCUT2D eigenvalue weighted by atomic mass is 10.2. The van der Waals surface area contributed by atoms with E-state index in [0.29, 0.717) is 36.2 Å². The molecule has 1 aromatic carbocycles. The van der Waals surface area contributed by atoms with Gasteiger partial charge in [-0.15, -0.1) is 5.10 Å². The largest absolute Gasteiger partial charge is 0.484 e. The quantitative estimate of drug-likeness (QED) is 0.627. The van der Waals surface area contributed by atoms with Crippen molar-refractivity contribution in [1.82, 2.24) is 30.0 Å². The molecule has 0 aliphatic carbocycles. The zero-order valence-corrected chi connectivity index (χ0v) is 16.2. The van der Waals surface area contributed by atoms with E-state index in [1.54, 1.807) is 15.8 Å². The molecule has 1 aliphatic heterocycles. The highest BCUT2D eigenvalue weighted by molar-refractivity contribution is 5.78. The molecule has 0 radical (unpaired) electrons. The number of ether oxygens (including phenoxy) is 1. The van der Waals surface area contributed by atoms with Crippen LogP contribution in [0.5, 0.6) is 5.75 Å². The van der Waals surface area contributed by atoms with Crippen LogP contribution in [0.2, 0.25) is 0 Å². The van der Waals surface area contributed by atoms with E-state index in [9.17, 15) is 9.18 Å². The van der Waals surface area contributed by atoms with Crippen LogP contribution in [0.1, 0.15) is 38.1 Å². The third-order valence-electron chi connectivity index (χ3n) is 4.75. The van der Waals surface area contributed by atoms with Crippen molar-refractivity contribution in [2.45, 2.75) is 32.2 Å². The van der Waals surface area contributed by atoms with Gasteiger partial charge in [-0.05, 0) is 30.7 Å². The zero-order chi connectivity index (χ0) is 20.4. The molecule has 1 atom stereocenters. The molecule has 0 N–H and O–H groups in total. The van der Waals surface area contributed by atoms with Crippen molar-refractivity contribution in [3.8, 4) is 17.3 Å². The number of hydrogen-bond acceptors (Lipinski definition) is 7. The molecule has 3 aromatic rings. The van der Waals surface area contributed by atoms with E-state index >= 15 is 0 Å². The fraction of sp³-hybridized carbons (Fsp3) is 0.421. The summed E-state index contributed by atoms with van der Waals surface area (Å²) in [5.41, 5.74) is 0.508. The topological polar surface area (TPSA) is 99.2 Å². The van der Waals surface area contributed by atoms with Gasteiger partial charge in [0.15, 0.2) is 18.1 Å². The fourth-order valence-corrected chi connectivity index (χ4v) is 3.08. The number of rotatable bonds is 6. The molecule has 3 heterocycles. The lowest BCUT2D eigenvalue weighted by Crippen LogP contribution is -2.33. The molecule has 0 spiro atoms. The lowest BCUT2D eigenvalue weighted by molar-refractivity contribution is -0.132. The van der Waals surface area contributed by atoms with Gasteiger partial charge in [0, 0.05) is 19.0 Å². The van der Waals surface area contributed by atoms with Gasteiger partial charge in [0.25, 0.3) is 11.8 Å². The Morgan fingerprint density at radius 1 is 1.34 bits per heavy atom. The van der Waals surface area contributed by atoms with Crippen molar-refractivity contribution in [2.75, 3.05) is 19.7 Å². The van der Waals surface area contributed by atoms with E-state index in [0.717, 1.165) is 6.42 Å². The maximum atomic E-state index is 12.9. The van der Waals surface area contributed by atoms with E-state index in [-0.39, 0.29) is 30.3 Å². The Balaban J connectivity index is 1.34. The molecular formula is C19H21FN6O3. The molecule has 1 aliphatic rings. The Hall–Kier alpha value is -3.30. The normalized spacial score (nSPS) is 16.6. The standard InChI is InChI=1S/C19H21FN6O3/c1-12(2)18-21-19(29-23-18)16-10-26(24-22-16)14-7-8-25(9-14)17(27)11-28-15-5-3-13(20)4-6-15/h3-6,10,12,14H,7-9,11H2,1-2H3. The summed E-state index contributed by atoms with van der Waals surface area (Å²) >= 11 is 0. The van der Waals surface area contributed by atoms with Crippen LogP contribution in [-0.2, 0) is 4.79 Å². The highest BCUT2D eigenvalue weighted by Gasteiger charge is 2.29. The molecule has 29 heavy (non-hydrogen) atoms. The molecule has 0 saturated carbocycles. The number of likely N-dealkylation sites (tertiary alicyclic amines) is 1. The second kappa shape index (κ2) is 7.98.